The molecule has 0 unspecified atom stereocenters. The molecule has 1 fully saturated rings. The fraction of sp³-hybridized carbons (Fsp3) is 0.350. The number of aromatic nitrogens is 1. The largest absolute Gasteiger partial charge is 0.417 e. The Morgan fingerprint density at radius 2 is 1.59 bits per heavy atom. The molecule has 1 aromatic heterocycles. The van der Waals surface area contributed by atoms with E-state index in [9.17, 15) is 22.8 Å². The third kappa shape index (κ3) is 4.03. The molecule has 2 heterocycles. The number of nitrogens with zero attached hydrogens (tertiary/aromatic N) is 3. The minimum atomic E-state index is -4.62. The minimum Gasteiger partial charge on any atom is -0.384 e. The first-order valence-electron chi connectivity index (χ1n) is 9.11. The van der Waals surface area contributed by atoms with Crippen LogP contribution in [0.1, 0.15) is 40.1 Å². The molecule has 154 valence electrons. The lowest BCUT2D eigenvalue weighted by Gasteiger charge is -2.45. The fourth-order valence-electron chi connectivity index (χ4n) is 3.49. The number of rotatable bonds is 2. The predicted octanol–water partition coefficient (Wildman–Crippen LogP) is 3.06. The van der Waals surface area contributed by atoms with Gasteiger partial charge in [0, 0.05) is 31.4 Å². The summed E-state index contributed by atoms with van der Waals surface area (Å²) in [7, 11) is 0. The number of anilines is 1. The van der Waals surface area contributed by atoms with E-state index in [4.69, 9.17) is 5.73 Å². The molecule has 9 heteroatoms. The van der Waals surface area contributed by atoms with Gasteiger partial charge in [-0.15, -0.1) is 0 Å². The number of carbonyl (C=O) groups excluding carboxylic acids is 2. The smallest absolute Gasteiger partial charge is 0.384 e. The van der Waals surface area contributed by atoms with Crippen LogP contribution in [0.4, 0.5) is 19.0 Å². The summed E-state index contributed by atoms with van der Waals surface area (Å²) in [6.07, 6.45) is -3.24. The van der Waals surface area contributed by atoms with Crippen LogP contribution >= 0.6 is 0 Å². The van der Waals surface area contributed by atoms with Gasteiger partial charge in [0.25, 0.3) is 11.8 Å². The number of alkyl halides is 3. The maximum Gasteiger partial charge on any atom is 0.417 e. The van der Waals surface area contributed by atoms with Crippen LogP contribution in [0.25, 0.3) is 0 Å². The third-order valence-electron chi connectivity index (χ3n) is 5.28. The number of hydrogen-bond acceptors (Lipinski definition) is 4. The number of amides is 2. The van der Waals surface area contributed by atoms with Gasteiger partial charge in [0.05, 0.1) is 16.7 Å². The maximum atomic E-state index is 13.3. The summed E-state index contributed by atoms with van der Waals surface area (Å²) >= 11 is 0. The van der Waals surface area contributed by atoms with Gasteiger partial charge in [0.15, 0.2) is 0 Å². The van der Waals surface area contributed by atoms with Crippen molar-refractivity contribution in [3.05, 3.63) is 59.3 Å². The number of benzene rings is 1. The number of carbonyl (C=O) groups is 2. The van der Waals surface area contributed by atoms with Gasteiger partial charge >= 0.3 is 6.18 Å². The number of hydrogen-bond donors (Lipinski definition) is 1. The number of piperazine rings is 1. The summed E-state index contributed by atoms with van der Waals surface area (Å²) in [5.41, 5.74) is 4.56. The fourth-order valence-corrected chi connectivity index (χ4v) is 3.49. The van der Waals surface area contributed by atoms with Crippen LogP contribution in [0.2, 0.25) is 0 Å². The lowest BCUT2D eigenvalue weighted by Crippen LogP contribution is -2.60. The summed E-state index contributed by atoms with van der Waals surface area (Å²) in [5.74, 6) is -0.667. The topological polar surface area (TPSA) is 79.5 Å². The van der Waals surface area contributed by atoms with Gasteiger partial charge in [-0.05, 0) is 38.1 Å². The number of pyridine rings is 1. The molecule has 0 aliphatic carbocycles. The molecular weight excluding hydrogens is 385 g/mol. The van der Waals surface area contributed by atoms with Crippen LogP contribution in [0, 0.1) is 0 Å². The van der Waals surface area contributed by atoms with Gasteiger partial charge < -0.3 is 15.5 Å². The van der Waals surface area contributed by atoms with Crippen molar-refractivity contribution >= 4 is 17.6 Å². The van der Waals surface area contributed by atoms with E-state index in [1.807, 2.05) is 0 Å². The molecule has 1 aliphatic heterocycles. The highest BCUT2D eigenvalue weighted by Crippen LogP contribution is 2.33. The standard InChI is InChI=1S/C20H21F3N4O2/c1-12-13(2)27(19(29)15-5-3-4-6-16(15)20(21,22)23)10-9-26(12)18(28)14-7-8-17(24)25-11-14/h3-8,11-13H,9-10H2,1-2H3,(H2,24,25)/t12-,13-/m1/s1. The molecular formula is C20H21F3N4O2. The first-order valence-corrected chi connectivity index (χ1v) is 9.11. The Labute approximate surface area is 166 Å². The van der Waals surface area contributed by atoms with E-state index in [0.717, 1.165) is 6.07 Å². The third-order valence-corrected chi connectivity index (χ3v) is 5.28. The molecule has 1 aromatic carbocycles. The van der Waals surface area contributed by atoms with Crippen molar-refractivity contribution in [2.75, 3.05) is 18.8 Å². The number of nitrogens with two attached hydrogens (primary N) is 1. The van der Waals surface area contributed by atoms with E-state index in [2.05, 4.69) is 4.98 Å². The molecule has 2 N–H and O–H groups in total. The summed E-state index contributed by atoms with van der Waals surface area (Å²) in [6, 6.07) is 6.97. The van der Waals surface area contributed by atoms with E-state index in [1.165, 1.54) is 35.4 Å². The molecule has 0 bridgehead atoms. The van der Waals surface area contributed by atoms with Gasteiger partial charge in [0.2, 0.25) is 0 Å². The van der Waals surface area contributed by atoms with Gasteiger partial charge in [0.1, 0.15) is 5.82 Å². The molecule has 2 amide bonds. The predicted molar refractivity (Wildman–Crippen MR) is 101 cm³/mol. The average molecular weight is 406 g/mol. The first kappa shape index (κ1) is 20.6. The van der Waals surface area contributed by atoms with Crippen LogP contribution < -0.4 is 5.73 Å². The van der Waals surface area contributed by atoms with Crippen LogP contribution in [0.5, 0.6) is 0 Å². The normalized spacial score (nSPS) is 19.9. The van der Waals surface area contributed by atoms with E-state index in [0.29, 0.717) is 11.4 Å². The molecule has 0 spiro atoms. The molecule has 29 heavy (non-hydrogen) atoms. The van der Waals surface area contributed by atoms with Crippen molar-refractivity contribution in [1.29, 1.82) is 0 Å². The Hall–Kier alpha value is -3.10. The molecule has 2 aromatic rings. The summed E-state index contributed by atoms with van der Waals surface area (Å²) < 4.78 is 39.9. The molecule has 1 saturated heterocycles. The van der Waals surface area contributed by atoms with Gasteiger partial charge in [-0.25, -0.2) is 4.98 Å². The van der Waals surface area contributed by atoms with Crippen LogP contribution in [-0.4, -0.2) is 51.8 Å². The van der Waals surface area contributed by atoms with E-state index in [1.54, 1.807) is 24.8 Å². The van der Waals surface area contributed by atoms with Crippen molar-refractivity contribution in [2.45, 2.75) is 32.1 Å². The Bertz CT molecular complexity index is 915. The molecule has 0 saturated carbocycles. The molecule has 1 aliphatic rings. The second-order valence-corrected chi connectivity index (χ2v) is 6.99. The molecule has 2 atom stereocenters. The quantitative estimate of drug-likeness (QED) is 0.831. The number of nitrogen functional groups attached to an aromatic ring is 1. The van der Waals surface area contributed by atoms with Gasteiger partial charge in [-0.3, -0.25) is 9.59 Å². The second-order valence-electron chi connectivity index (χ2n) is 6.99. The van der Waals surface area contributed by atoms with E-state index < -0.39 is 29.7 Å². The Balaban J connectivity index is 1.81. The lowest BCUT2D eigenvalue weighted by molar-refractivity contribution is -0.138. The summed E-state index contributed by atoms with van der Waals surface area (Å²) in [5, 5.41) is 0. The maximum absolute atomic E-state index is 13.3. The summed E-state index contributed by atoms with van der Waals surface area (Å²) in [6.45, 7) is 3.82. The van der Waals surface area contributed by atoms with Crippen molar-refractivity contribution in [3.8, 4) is 0 Å². The highest BCUT2D eigenvalue weighted by atomic mass is 19.4. The first-order chi connectivity index (χ1) is 13.6. The van der Waals surface area contributed by atoms with Crippen molar-refractivity contribution in [3.63, 3.8) is 0 Å². The second kappa shape index (κ2) is 7.73. The van der Waals surface area contributed by atoms with Gasteiger partial charge in [-0.2, -0.15) is 13.2 Å². The van der Waals surface area contributed by atoms with Crippen LogP contribution in [0.3, 0.4) is 0 Å². The SMILES string of the molecule is C[C@@H]1[C@@H](C)N(C(=O)c2ccccc2C(F)(F)F)CCN1C(=O)c1ccc(N)nc1. The van der Waals surface area contributed by atoms with E-state index >= 15 is 0 Å². The monoisotopic (exact) mass is 406 g/mol. The number of halogens is 3. The molecule has 3 rings (SSSR count). The Morgan fingerprint density at radius 3 is 2.14 bits per heavy atom. The highest BCUT2D eigenvalue weighted by Gasteiger charge is 2.40. The zero-order valence-electron chi connectivity index (χ0n) is 16.0. The minimum absolute atomic E-state index is 0.130. The Kier molecular flexibility index (Phi) is 5.50. The van der Waals surface area contributed by atoms with Crippen LogP contribution in [-0.2, 0) is 6.18 Å². The van der Waals surface area contributed by atoms with Crippen molar-refractivity contribution in [1.82, 2.24) is 14.8 Å². The van der Waals surface area contributed by atoms with Gasteiger partial charge in [-0.1, -0.05) is 12.1 Å². The van der Waals surface area contributed by atoms with Crippen molar-refractivity contribution in [2.24, 2.45) is 0 Å². The zero-order valence-corrected chi connectivity index (χ0v) is 16.0. The molecule has 0 radical (unpaired) electrons. The molecule has 6 nitrogen and oxygen atoms in total. The summed E-state index contributed by atoms with van der Waals surface area (Å²) in [4.78, 5) is 32.6. The van der Waals surface area contributed by atoms with Crippen molar-refractivity contribution < 1.29 is 22.8 Å². The average Bonchev–Trinajstić information content (AvgIpc) is 2.69. The highest BCUT2D eigenvalue weighted by molar-refractivity contribution is 5.97. The van der Waals surface area contributed by atoms with E-state index in [-0.39, 0.29) is 24.6 Å². The zero-order chi connectivity index (χ0) is 21.3. The van der Waals surface area contributed by atoms with Crippen LogP contribution in [0.15, 0.2) is 42.6 Å². The lowest BCUT2D eigenvalue weighted by atomic mass is 10.00. The Morgan fingerprint density at radius 1 is 1.00 bits per heavy atom.